The molecule has 2 amide bonds. The lowest BCUT2D eigenvalue weighted by atomic mass is 9.60. The Morgan fingerprint density at radius 2 is 1.91 bits per heavy atom. The van der Waals surface area contributed by atoms with E-state index in [0.29, 0.717) is 5.76 Å². The molecule has 0 radical (unpaired) electrons. The molecule has 5 rings (SSSR count). The van der Waals surface area contributed by atoms with Gasteiger partial charge in [0.05, 0.1) is 6.54 Å². The number of carbonyl (C=O) groups excluding carboxylic acids is 1. The van der Waals surface area contributed by atoms with Gasteiger partial charge in [0, 0.05) is 49.4 Å². The van der Waals surface area contributed by atoms with Gasteiger partial charge in [-0.1, -0.05) is 17.3 Å². The summed E-state index contributed by atoms with van der Waals surface area (Å²) in [6, 6.07) is 11.6. The molecule has 1 saturated carbocycles. The number of hydrogen-bond acceptors (Lipinski definition) is 6. The minimum atomic E-state index is -1.02. The molecule has 1 saturated heterocycles. The monoisotopic (exact) mass is 465 g/mol. The first kappa shape index (κ1) is 21.9. The van der Waals surface area contributed by atoms with Crippen molar-refractivity contribution in [2.45, 2.75) is 25.4 Å². The summed E-state index contributed by atoms with van der Waals surface area (Å²) >= 11 is 0. The minimum absolute atomic E-state index is 0.0518. The molecular formula is C24H24FN5O4. The Kier molecular flexibility index (Phi) is 5.43. The summed E-state index contributed by atoms with van der Waals surface area (Å²) in [4.78, 5) is 31.6. The van der Waals surface area contributed by atoms with E-state index in [4.69, 9.17) is 4.52 Å². The molecule has 2 fully saturated rings. The Bertz CT molecular complexity index is 1200. The fourth-order valence-corrected chi connectivity index (χ4v) is 4.87. The first-order chi connectivity index (χ1) is 16.4. The third kappa shape index (κ3) is 4.07. The zero-order valence-corrected chi connectivity index (χ0v) is 18.6. The molecule has 0 bridgehead atoms. The maximum Gasteiger partial charge on any atom is 0.407 e. The molecular weight excluding hydrogens is 441 g/mol. The van der Waals surface area contributed by atoms with E-state index in [1.807, 2.05) is 12.1 Å². The summed E-state index contributed by atoms with van der Waals surface area (Å²) in [7, 11) is 1.49. The van der Waals surface area contributed by atoms with Gasteiger partial charge in [-0.15, -0.1) is 0 Å². The highest BCUT2D eigenvalue weighted by Crippen LogP contribution is 2.51. The highest BCUT2D eigenvalue weighted by atomic mass is 19.1. The molecule has 1 aliphatic carbocycles. The van der Waals surface area contributed by atoms with Crippen LogP contribution in [0.4, 0.5) is 15.0 Å². The Hall–Kier alpha value is -3.95. The van der Waals surface area contributed by atoms with Gasteiger partial charge in [0.1, 0.15) is 11.6 Å². The Morgan fingerprint density at radius 3 is 2.53 bits per heavy atom. The number of rotatable bonds is 6. The SMILES string of the molecule is CNC(=O)c1cc(CN(C(=O)O)C2CC3(C2)CN(c2ccc(-c4ccc(F)cc4)cn2)C3)on1. The van der Waals surface area contributed by atoms with Gasteiger partial charge in [-0.25, -0.2) is 14.2 Å². The van der Waals surface area contributed by atoms with E-state index >= 15 is 0 Å². The van der Waals surface area contributed by atoms with Crippen LogP contribution in [0, 0.1) is 11.2 Å². The van der Waals surface area contributed by atoms with Gasteiger partial charge in [0.15, 0.2) is 11.5 Å². The maximum absolute atomic E-state index is 13.1. The second-order valence-electron chi connectivity index (χ2n) is 9.00. The molecule has 9 nitrogen and oxygen atoms in total. The van der Waals surface area contributed by atoms with E-state index < -0.39 is 6.09 Å². The van der Waals surface area contributed by atoms with E-state index in [0.717, 1.165) is 42.9 Å². The van der Waals surface area contributed by atoms with Crippen molar-refractivity contribution in [2.24, 2.45) is 5.41 Å². The molecule has 1 aliphatic heterocycles. The smallest absolute Gasteiger partial charge is 0.407 e. The van der Waals surface area contributed by atoms with Gasteiger partial charge in [0.2, 0.25) is 0 Å². The van der Waals surface area contributed by atoms with E-state index in [-0.39, 0.29) is 35.4 Å². The predicted octanol–water partition coefficient (Wildman–Crippen LogP) is 3.38. The fraction of sp³-hybridized carbons (Fsp3) is 0.333. The number of aromatic nitrogens is 2. The molecule has 2 N–H and O–H groups in total. The van der Waals surface area contributed by atoms with Crippen LogP contribution < -0.4 is 10.2 Å². The van der Waals surface area contributed by atoms with Crippen LogP contribution in [0.25, 0.3) is 11.1 Å². The van der Waals surface area contributed by atoms with Crippen molar-refractivity contribution in [3.8, 4) is 11.1 Å². The van der Waals surface area contributed by atoms with Crippen LogP contribution in [0.2, 0.25) is 0 Å². The topological polar surface area (TPSA) is 112 Å². The van der Waals surface area contributed by atoms with Gasteiger partial charge >= 0.3 is 6.09 Å². The van der Waals surface area contributed by atoms with Crippen molar-refractivity contribution < 1.29 is 23.6 Å². The first-order valence-electron chi connectivity index (χ1n) is 11.0. The van der Waals surface area contributed by atoms with E-state index in [1.54, 1.807) is 18.3 Å². The van der Waals surface area contributed by atoms with E-state index in [9.17, 15) is 19.1 Å². The summed E-state index contributed by atoms with van der Waals surface area (Å²) in [6.07, 6.45) is 2.29. The average Bonchev–Trinajstić information content (AvgIpc) is 3.25. The zero-order chi connectivity index (χ0) is 23.9. The third-order valence-corrected chi connectivity index (χ3v) is 6.67. The highest BCUT2D eigenvalue weighted by Gasteiger charge is 2.55. The number of nitrogens with one attached hydrogen (secondary N) is 1. The first-order valence-corrected chi connectivity index (χ1v) is 11.0. The molecule has 0 unspecified atom stereocenters. The molecule has 1 spiro atoms. The van der Waals surface area contributed by atoms with Crippen molar-refractivity contribution >= 4 is 17.8 Å². The van der Waals surface area contributed by atoms with Crippen molar-refractivity contribution in [3.05, 3.63) is 65.9 Å². The fourth-order valence-electron chi connectivity index (χ4n) is 4.87. The van der Waals surface area contributed by atoms with Gasteiger partial charge in [-0.3, -0.25) is 9.69 Å². The maximum atomic E-state index is 13.1. The minimum Gasteiger partial charge on any atom is -0.465 e. The summed E-state index contributed by atoms with van der Waals surface area (Å²) in [5.74, 6) is 0.559. The number of carboxylic acid groups (broad SMARTS) is 1. The van der Waals surface area contributed by atoms with Crippen molar-refractivity contribution in [3.63, 3.8) is 0 Å². The molecule has 34 heavy (non-hydrogen) atoms. The van der Waals surface area contributed by atoms with Crippen LogP contribution in [0.15, 0.2) is 53.2 Å². The standard InChI is InChI=1S/C24H24FN5O4/c1-26-22(31)20-8-19(34-28-20)12-30(23(32)33)18-9-24(10-18)13-29(14-24)21-7-4-16(11-27-21)15-2-5-17(25)6-3-15/h2-8,11,18H,9-10,12-14H2,1H3,(H,26,31)(H,32,33). The lowest BCUT2D eigenvalue weighted by Gasteiger charge is -2.60. The largest absolute Gasteiger partial charge is 0.465 e. The number of halogens is 1. The molecule has 3 aromatic rings. The van der Waals surface area contributed by atoms with Gasteiger partial charge in [-0.2, -0.15) is 0 Å². The Balaban J connectivity index is 1.16. The average molecular weight is 465 g/mol. The van der Waals surface area contributed by atoms with Crippen LogP contribution in [0.3, 0.4) is 0 Å². The molecule has 2 aromatic heterocycles. The molecule has 1 aromatic carbocycles. The number of pyridine rings is 1. The zero-order valence-electron chi connectivity index (χ0n) is 18.6. The van der Waals surface area contributed by atoms with Crippen LogP contribution >= 0.6 is 0 Å². The van der Waals surface area contributed by atoms with Crippen LogP contribution in [0.5, 0.6) is 0 Å². The third-order valence-electron chi connectivity index (χ3n) is 6.67. The highest BCUT2D eigenvalue weighted by molar-refractivity contribution is 5.91. The van der Waals surface area contributed by atoms with Gasteiger partial charge in [0.25, 0.3) is 5.91 Å². The predicted molar refractivity (Wildman–Crippen MR) is 121 cm³/mol. The lowest BCUT2D eigenvalue weighted by Crippen LogP contribution is -2.67. The van der Waals surface area contributed by atoms with Gasteiger partial charge in [-0.05, 0) is 42.7 Å². The molecule has 2 aliphatic rings. The van der Waals surface area contributed by atoms with E-state index in [1.165, 1.54) is 30.1 Å². The number of amides is 2. The number of carbonyl (C=O) groups is 2. The molecule has 3 heterocycles. The quantitative estimate of drug-likeness (QED) is 0.574. The van der Waals surface area contributed by atoms with Crippen molar-refractivity contribution in [2.75, 3.05) is 25.0 Å². The second kappa shape index (κ2) is 8.44. The molecule has 10 heteroatoms. The summed E-state index contributed by atoms with van der Waals surface area (Å²) in [5.41, 5.74) is 2.04. The molecule has 0 atom stereocenters. The number of nitrogens with zero attached hydrogens (tertiary/aromatic N) is 4. The summed E-state index contributed by atoms with van der Waals surface area (Å²) < 4.78 is 18.3. The summed E-state index contributed by atoms with van der Waals surface area (Å²) in [6.45, 7) is 1.70. The Labute approximate surface area is 195 Å². The summed E-state index contributed by atoms with van der Waals surface area (Å²) in [5, 5.41) is 15.9. The van der Waals surface area contributed by atoms with Crippen LogP contribution in [-0.2, 0) is 6.54 Å². The van der Waals surface area contributed by atoms with Crippen LogP contribution in [-0.4, -0.2) is 58.3 Å². The molecule has 176 valence electrons. The normalized spacial score (nSPS) is 16.6. The van der Waals surface area contributed by atoms with Gasteiger partial charge < -0.3 is 19.8 Å². The lowest BCUT2D eigenvalue weighted by molar-refractivity contribution is -0.0179. The van der Waals surface area contributed by atoms with Crippen molar-refractivity contribution in [1.82, 2.24) is 20.4 Å². The number of benzene rings is 1. The second-order valence-corrected chi connectivity index (χ2v) is 9.00. The van der Waals surface area contributed by atoms with Crippen LogP contribution in [0.1, 0.15) is 29.1 Å². The van der Waals surface area contributed by atoms with Crippen molar-refractivity contribution in [1.29, 1.82) is 0 Å². The number of anilines is 1. The Morgan fingerprint density at radius 1 is 1.21 bits per heavy atom. The number of hydrogen-bond donors (Lipinski definition) is 2. The van der Waals surface area contributed by atoms with E-state index in [2.05, 4.69) is 20.4 Å².